The summed E-state index contributed by atoms with van der Waals surface area (Å²) in [5.41, 5.74) is 4.20. The van der Waals surface area contributed by atoms with Crippen LogP contribution in [-0.4, -0.2) is 34.5 Å². The van der Waals surface area contributed by atoms with Crippen LogP contribution < -0.4 is 5.32 Å². The summed E-state index contributed by atoms with van der Waals surface area (Å²) in [5, 5.41) is 4.38. The molecule has 1 amide bonds. The Bertz CT molecular complexity index is 1280. The van der Waals surface area contributed by atoms with Gasteiger partial charge in [-0.3, -0.25) is 9.69 Å². The average molecular weight is 470 g/mol. The van der Waals surface area contributed by atoms with Gasteiger partial charge in [-0.25, -0.2) is 4.39 Å². The third kappa shape index (κ3) is 5.80. The maximum Gasteiger partial charge on any atom is 0.220 e. The minimum atomic E-state index is -0.193. The van der Waals surface area contributed by atoms with Crippen LogP contribution in [0.25, 0.3) is 10.9 Å². The number of fused-ring (bicyclic) bond motifs is 1. The van der Waals surface area contributed by atoms with Gasteiger partial charge >= 0.3 is 0 Å². The van der Waals surface area contributed by atoms with Gasteiger partial charge in [-0.1, -0.05) is 66.7 Å². The van der Waals surface area contributed by atoms with Crippen molar-refractivity contribution in [3.63, 3.8) is 0 Å². The number of para-hydroxylation sites is 1. The number of amides is 1. The van der Waals surface area contributed by atoms with E-state index in [-0.39, 0.29) is 17.8 Å². The van der Waals surface area contributed by atoms with E-state index in [0.29, 0.717) is 24.9 Å². The number of rotatable bonds is 8. The van der Waals surface area contributed by atoms with Gasteiger partial charge in [0, 0.05) is 54.8 Å². The number of halogens is 1. The van der Waals surface area contributed by atoms with Crippen LogP contribution in [0.2, 0.25) is 0 Å². The highest BCUT2D eigenvalue weighted by atomic mass is 19.1. The molecule has 0 spiro atoms. The number of aromatic nitrogens is 1. The predicted octanol–water partition coefficient (Wildman–Crippen LogP) is 5.54. The fraction of sp³-hybridized carbons (Fsp3) is 0.300. The van der Waals surface area contributed by atoms with E-state index < -0.39 is 0 Å². The first-order valence-electron chi connectivity index (χ1n) is 12.5. The number of nitrogens with zero attached hydrogens (tertiary/aromatic N) is 2. The summed E-state index contributed by atoms with van der Waals surface area (Å²) in [4.78, 5) is 15.2. The normalized spacial score (nSPS) is 14.9. The maximum atomic E-state index is 14.2. The minimum Gasteiger partial charge on any atom is -0.353 e. The largest absolute Gasteiger partial charge is 0.353 e. The molecule has 1 N–H and O–H groups in total. The molecule has 5 heteroatoms. The van der Waals surface area contributed by atoms with Gasteiger partial charge in [0.05, 0.1) is 6.54 Å². The molecular formula is C30H32FN3O. The van der Waals surface area contributed by atoms with Gasteiger partial charge in [-0.05, 0) is 42.5 Å². The van der Waals surface area contributed by atoms with Gasteiger partial charge in [0.1, 0.15) is 5.82 Å². The molecule has 0 aliphatic carbocycles. The summed E-state index contributed by atoms with van der Waals surface area (Å²) in [7, 11) is 0. The van der Waals surface area contributed by atoms with Gasteiger partial charge < -0.3 is 9.88 Å². The molecular weight excluding hydrogens is 437 g/mol. The second kappa shape index (κ2) is 10.9. The number of aryl methyl sites for hydroxylation is 1. The van der Waals surface area contributed by atoms with Gasteiger partial charge in [-0.2, -0.15) is 0 Å². The van der Waals surface area contributed by atoms with Crippen LogP contribution in [0.3, 0.4) is 0 Å². The molecule has 180 valence electrons. The molecule has 2 heterocycles. The van der Waals surface area contributed by atoms with Crippen LogP contribution >= 0.6 is 0 Å². The van der Waals surface area contributed by atoms with Crippen LogP contribution in [0.1, 0.15) is 36.0 Å². The van der Waals surface area contributed by atoms with Crippen molar-refractivity contribution in [3.8, 4) is 0 Å². The summed E-state index contributed by atoms with van der Waals surface area (Å²) < 4.78 is 16.3. The molecule has 3 aromatic carbocycles. The van der Waals surface area contributed by atoms with Crippen molar-refractivity contribution in [1.82, 2.24) is 14.8 Å². The van der Waals surface area contributed by atoms with E-state index in [1.54, 1.807) is 6.07 Å². The van der Waals surface area contributed by atoms with Crippen molar-refractivity contribution >= 4 is 16.8 Å². The number of piperidine rings is 1. The van der Waals surface area contributed by atoms with Crippen molar-refractivity contribution in [2.45, 2.75) is 44.8 Å². The van der Waals surface area contributed by atoms with Crippen molar-refractivity contribution in [1.29, 1.82) is 0 Å². The number of likely N-dealkylation sites (tertiary alicyclic amines) is 1. The van der Waals surface area contributed by atoms with Crippen molar-refractivity contribution in [3.05, 3.63) is 108 Å². The molecule has 0 saturated carbocycles. The highest BCUT2D eigenvalue weighted by molar-refractivity contribution is 5.85. The molecule has 0 unspecified atom stereocenters. The molecule has 5 rings (SSSR count). The summed E-state index contributed by atoms with van der Waals surface area (Å²) in [5.74, 6) is -0.0848. The molecule has 0 bridgehead atoms. The van der Waals surface area contributed by atoms with Crippen LogP contribution in [-0.2, 0) is 24.3 Å². The minimum absolute atomic E-state index is 0.109. The zero-order chi connectivity index (χ0) is 24.0. The highest BCUT2D eigenvalue weighted by Gasteiger charge is 2.21. The molecule has 4 nitrogen and oxygen atoms in total. The van der Waals surface area contributed by atoms with Gasteiger partial charge in [-0.15, -0.1) is 0 Å². The van der Waals surface area contributed by atoms with Crippen LogP contribution in [0, 0.1) is 5.82 Å². The summed E-state index contributed by atoms with van der Waals surface area (Å²) in [6.45, 7) is 3.45. The van der Waals surface area contributed by atoms with E-state index in [1.165, 1.54) is 11.6 Å². The van der Waals surface area contributed by atoms with Crippen molar-refractivity contribution < 1.29 is 9.18 Å². The standard InChI is InChI=1S/C30H32FN3O/c31-28-12-6-4-10-25(28)22-34-21-24(27-11-5-7-13-29(27)34)14-15-30(35)32-26-16-18-33(19-17-26)20-23-8-2-1-3-9-23/h1-13,21,26H,14-20,22H2,(H,32,35). The Balaban J connectivity index is 1.16. The predicted molar refractivity (Wildman–Crippen MR) is 139 cm³/mol. The van der Waals surface area contributed by atoms with Crippen LogP contribution in [0.15, 0.2) is 85.1 Å². The SMILES string of the molecule is O=C(CCc1cn(Cc2ccccc2F)c2ccccc12)NC1CCN(Cc2ccccc2)CC1. The van der Waals surface area contributed by atoms with E-state index in [2.05, 4.69) is 57.4 Å². The molecule has 1 saturated heterocycles. The Labute approximate surface area is 206 Å². The zero-order valence-electron chi connectivity index (χ0n) is 20.0. The summed E-state index contributed by atoms with van der Waals surface area (Å²) in [6, 6.07) is 25.9. The fourth-order valence-corrected chi connectivity index (χ4v) is 5.09. The lowest BCUT2D eigenvalue weighted by Crippen LogP contribution is -2.44. The monoisotopic (exact) mass is 469 g/mol. The third-order valence-corrected chi connectivity index (χ3v) is 6.99. The van der Waals surface area contributed by atoms with E-state index in [0.717, 1.165) is 48.9 Å². The van der Waals surface area contributed by atoms with E-state index in [4.69, 9.17) is 0 Å². The van der Waals surface area contributed by atoms with E-state index in [9.17, 15) is 9.18 Å². The van der Waals surface area contributed by atoms with Crippen LogP contribution in [0.5, 0.6) is 0 Å². The van der Waals surface area contributed by atoms with Gasteiger partial charge in [0.25, 0.3) is 0 Å². The Hall–Kier alpha value is -3.44. The quantitative estimate of drug-likeness (QED) is 0.368. The molecule has 1 fully saturated rings. The van der Waals surface area contributed by atoms with Gasteiger partial charge in [0.2, 0.25) is 5.91 Å². The van der Waals surface area contributed by atoms with E-state index in [1.807, 2.05) is 30.3 Å². The average Bonchev–Trinajstić information content (AvgIpc) is 3.23. The smallest absolute Gasteiger partial charge is 0.220 e. The second-order valence-electron chi connectivity index (χ2n) is 9.49. The molecule has 1 aromatic heterocycles. The lowest BCUT2D eigenvalue weighted by atomic mass is 10.0. The Kier molecular flexibility index (Phi) is 7.24. The first kappa shape index (κ1) is 23.3. The number of hydrogen-bond donors (Lipinski definition) is 1. The summed E-state index contributed by atoms with van der Waals surface area (Å²) >= 11 is 0. The number of nitrogens with one attached hydrogen (secondary N) is 1. The van der Waals surface area contributed by atoms with Crippen LogP contribution in [0.4, 0.5) is 4.39 Å². The van der Waals surface area contributed by atoms with Crippen molar-refractivity contribution in [2.24, 2.45) is 0 Å². The fourth-order valence-electron chi connectivity index (χ4n) is 5.09. The number of benzene rings is 3. The molecule has 35 heavy (non-hydrogen) atoms. The van der Waals surface area contributed by atoms with E-state index >= 15 is 0 Å². The second-order valence-corrected chi connectivity index (χ2v) is 9.49. The highest BCUT2D eigenvalue weighted by Crippen LogP contribution is 2.24. The van der Waals surface area contributed by atoms with Gasteiger partial charge in [0.15, 0.2) is 0 Å². The topological polar surface area (TPSA) is 37.3 Å². The third-order valence-electron chi connectivity index (χ3n) is 6.99. The Morgan fingerprint density at radius 2 is 1.57 bits per heavy atom. The lowest BCUT2D eigenvalue weighted by molar-refractivity contribution is -0.122. The number of hydrogen-bond acceptors (Lipinski definition) is 2. The first-order chi connectivity index (χ1) is 17.2. The lowest BCUT2D eigenvalue weighted by Gasteiger charge is -2.32. The van der Waals surface area contributed by atoms with Crippen molar-refractivity contribution in [2.75, 3.05) is 13.1 Å². The summed E-state index contributed by atoms with van der Waals surface area (Å²) in [6.07, 6.45) is 5.18. The Morgan fingerprint density at radius 1 is 0.857 bits per heavy atom. The maximum absolute atomic E-state index is 14.2. The number of carbonyl (C=O) groups is 1. The zero-order valence-corrected chi connectivity index (χ0v) is 20.0. The molecule has 0 atom stereocenters. The first-order valence-corrected chi connectivity index (χ1v) is 12.5. The number of carbonyl (C=O) groups excluding carboxylic acids is 1. The molecule has 0 radical (unpaired) electrons. The molecule has 4 aromatic rings. The molecule has 1 aliphatic rings. The molecule has 1 aliphatic heterocycles. The Morgan fingerprint density at radius 3 is 2.37 bits per heavy atom.